The lowest BCUT2D eigenvalue weighted by molar-refractivity contribution is -0.137. The summed E-state index contributed by atoms with van der Waals surface area (Å²) < 4.78 is 44.1. The van der Waals surface area contributed by atoms with E-state index in [1.165, 1.54) is 12.1 Å². The summed E-state index contributed by atoms with van der Waals surface area (Å²) in [5.41, 5.74) is 0.262. The molecule has 0 amide bonds. The molecule has 1 saturated heterocycles. The summed E-state index contributed by atoms with van der Waals surface area (Å²) in [5.74, 6) is 0.716. The van der Waals surface area contributed by atoms with Gasteiger partial charge in [0.2, 0.25) is 0 Å². The normalized spacial score (nSPS) is 24.2. The number of rotatable bonds is 7. The lowest BCUT2D eigenvalue weighted by Crippen LogP contribution is -2.54. The van der Waals surface area contributed by atoms with Crippen molar-refractivity contribution in [1.82, 2.24) is 4.90 Å². The lowest BCUT2D eigenvalue weighted by atomic mass is 9.61. The lowest BCUT2D eigenvalue weighted by Gasteiger charge is -2.49. The van der Waals surface area contributed by atoms with Gasteiger partial charge in [-0.3, -0.25) is 4.90 Å². The molecule has 0 spiro atoms. The molecule has 1 aliphatic carbocycles. The van der Waals surface area contributed by atoms with E-state index in [0.717, 1.165) is 56.3 Å². The van der Waals surface area contributed by atoms with Crippen molar-refractivity contribution >= 4 is 11.6 Å². The Kier molecular flexibility index (Phi) is 7.27. The van der Waals surface area contributed by atoms with Crippen LogP contribution in [0.25, 0.3) is 0 Å². The first kappa shape index (κ1) is 24.4. The Morgan fingerprint density at radius 1 is 1.09 bits per heavy atom. The van der Waals surface area contributed by atoms with Crippen LogP contribution in [0, 0.1) is 5.92 Å². The first-order valence-corrected chi connectivity index (χ1v) is 12.0. The molecule has 0 aromatic heterocycles. The van der Waals surface area contributed by atoms with E-state index in [4.69, 9.17) is 16.3 Å². The Balaban J connectivity index is 1.35. The number of ether oxygens (including phenoxy) is 1. The molecule has 1 aliphatic heterocycles. The highest BCUT2D eigenvalue weighted by atomic mass is 35.5. The van der Waals surface area contributed by atoms with Crippen LogP contribution in [0.15, 0.2) is 48.5 Å². The number of aliphatic hydroxyl groups is 1. The van der Waals surface area contributed by atoms with Crippen LogP contribution < -0.4 is 4.74 Å². The number of benzene rings is 2. The van der Waals surface area contributed by atoms with Gasteiger partial charge in [-0.1, -0.05) is 30.2 Å². The van der Waals surface area contributed by atoms with Crippen LogP contribution in [0.5, 0.6) is 5.75 Å². The molecule has 7 heteroatoms. The van der Waals surface area contributed by atoms with Crippen LogP contribution in [0.3, 0.4) is 0 Å². The number of halogens is 4. The molecule has 2 aromatic rings. The maximum Gasteiger partial charge on any atom is 0.416 e. The van der Waals surface area contributed by atoms with Gasteiger partial charge in [-0.05, 0) is 74.6 Å². The van der Waals surface area contributed by atoms with Crippen LogP contribution in [0.4, 0.5) is 13.2 Å². The second-order valence-electron chi connectivity index (χ2n) is 9.61. The van der Waals surface area contributed by atoms with E-state index in [9.17, 15) is 18.3 Å². The minimum Gasteiger partial charge on any atom is -0.493 e. The van der Waals surface area contributed by atoms with Crippen LogP contribution >= 0.6 is 11.6 Å². The Labute approximate surface area is 198 Å². The molecule has 1 saturated carbocycles. The Morgan fingerprint density at radius 3 is 2.33 bits per heavy atom. The smallest absolute Gasteiger partial charge is 0.416 e. The summed E-state index contributed by atoms with van der Waals surface area (Å²) in [6, 6.07) is 13.1. The summed E-state index contributed by atoms with van der Waals surface area (Å²) in [6.45, 7) is 4.04. The van der Waals surface area contributed by atoms with Crippen LogP contribution in [0.2, 0.25) is 5.02 Å². The molecular formula is C26H31ClF3NO2. The number of alkyl halides is 3. The fourth-order valence-electron chi connectivity index (χ4n) is 5.16. The number of likely N-dealkylation sites (tertiary alicyclic amines) is 1. The zero-order valence-electron chi connectivity index (χ0n) is 18.8. The quantitative estimate of drug-likeness (QED) is 0.502. The number of nitrogens with zero attached hydrogens (tertiary/aromatic N) is 1. The van der Waals surface area contributed by atoms with E-state index >= 15 is 0 Å². The number of hydrogen-bond donors (Lipinski definition) is 1. The molecule has 2 aliphatic rings. The summed E-state index contributed by atoms with van der Waals surface area (Å²) >= 11 is 6.06. The average molecular weight is 482 g/mol. The second-order valence-corrected chi connectivity index (χ2v) is 10.0. The molecule has 0 radical (unpaired) electrons. The Bertz CT molecular complexity index is 913. The van der Waals surface area contributed by atoms with Gasteiger partial charge in [-0.2, -0.15) is 13.2 Å². The minimum atomic E-state index is -4.34. The molecule has 3 atom stereocenters. The molecule has 0 bridgehead atoms. The summed E-state index contributed by atoms with van der Waals surface area (Å²) in [6.07, 6.45) is 0.238. The number of hydrogen-bond acceptors (Lipinski definition) is 3. The van der Waals surface area contributed by atoms with Crippen LogP contribution in [-0.4, -0.2) is 41.8 Å². The molecule has 180 valence electrons. The zero-order chi connectivity index (χ0) is 23.6. The standard InChI is InChI=1S/C26H31ClF3NO2/c1-18-3-4-19(17-33-23-11-7-21(8-12-23)26(28,29)30)15-31(18)16-24(32)25(13-2-14-25)20-5-9-22(27)10-6-20/h5-12,18-19,24,32H,2-4,13-17H2,1H3/t18-,19+,24+/m0/s1. The fourth-order valence-corrected chi connectivity index (χ4v) is 5.28. The van der Waals surface area contributed by atoms with E-state index in [1.807, 2.05) is 24.3 Å². The van der Waals surface area contributed by atoms with Gasteiger partial charge in [0, 0.05) is 35.5 Å². The zero-order valence-corrected chi connectivity index (χ0v) is 19.6. The highest BCUT2D eigenvalue weighted by Gasteiger charge is 2.46. The van der Waals surface area contributed by atoms with Gasteiger partial charge in [0.15, 0.2) is 0 Å². The predicted molar refractivity (Wildman–Crippen MR) is 124 cm³/mol. The third-order valence-corrected chi connectivity index (χ3v) is 7.74. The van der Waals surface area contributed by atoms with Crippen molar-refractivity contribution in [2.45, 2.75) is 62.8 Å². The van der Waals surface area contributed by atoms with Crippen molar-refractivity contribution < 1.29 is 23.0 Å². The highest BCUT2D eigenvalue weighted by Crippen LogP contribution is 2.47. The minimum absolute atomic E-state index is 0.214. The second kappa shape index (κ2) is 9.85. The van der Waals surface area contributed by atoms with Crippen molar-refractivity contribution in [2.24, 2.45) is 5.92 Å². The largest absolute Gasteiger partial charge is 0.493 e. The molecule has 33 heavy (non-hydrogen) atoms. The van der Waals surface area contributed by atoms with E-state index in [-0.39, 0.29) is 11.3 Å². The number of aliphatic hydroxyl groups excluding tert-OH is 1. The SMILES string of the molecule is C[C@H]1CC[C@@H](COc2ccc(C(F)(F)F)cc2)CN1C[C@@H](O)C1(c2ccc(Cl)cc2)CCC1. The van der Waals surface area contributed by atoms with Crippen molar-refractivity contribution in [1.29, 1.82) is 0 Å². The Hall–Kier alpha value is -1.76. The van der Waals surface area contributed by atoms with Crippen LogP contribution in [-0.2, 0) is 11.6 Å². The third kappa shape index (κ3) is 5.50. The number of β-amino-alcohol motifs (C(OH)–C–C–N with tert-alkyl or cyclic N) is 1. The molecule has 1 N–H and O–H groups in total. The van der Waals surface area contributed by atoms with Gasteiger partial charge in [0.05, 0.1) is 18.3 Å². The van der Waals surface area contributed by atoms with Crippen molar-refractivity contribution in [3.05, 3.63) is 64.7 Å². The maximum absolute atomic E-state index is 12.7. The topological polar surface area (TPSA) is 32.7 Å². The van der Waals surface area contributed by atoms with Gasteiger partial charge in [-0.25, -0.2) is 0 Å². The molecule has 0 unspecified atom stereocenters. The van der Waals surface area contributed by atoms with Crippen molar-refractivity contribution in [2.75, 3.05) is 19.7 Å². The summed E-state index contributed by atoms with van der Waals surface area (Å²) in [4.78, 5) is 2.34. The fraction of sp³-hybridized carbons (Fsp3) is 0.538. The van der Waals surface area contributed by atoms with Crippen molar-refractivity contribution in [3.63, 3.8) is 0 Å². The first-order valence-electron chi connectivity index (χ1n) is 11.7. The maximum atomic E-state index is 12.7. The van der Waals surface area contributed by atoms with Gasteiger partial charge in [0.25, 0.3) is 0 Å². The Morgan fingerprint density at radius 2 is 1.76 bits per heavy atom. The van der Waals surface area contributed by atoms with Crippen LogP contribution in [0.1, 0.15) is 50.2 Å². The van der Waals surface area contributed by atoms with Crippen molar-refractivity contribution in [3.8, 4) is 5.75 Å². The van der Waals surface area contributed by atoms with Gasteiger partial charge < -0.3 is 9.84 Å². The summed E-state index contributed by atoms with van der Waals surface area (Å²) in [7, 11) is 0. The molecular weight excluding hydrogens is 451 g/mol. The van der Waals surface area contributed by atoms with Gasteiger partial charge in [0.1, 0.15) is 5.75 Å². The first-order chi connectivity index (χ1) is 15.7. The van der Waals surface area contributed by atoms with Gasteiger partial charge in [-0.15, -0.1) is 0 Å². The van der Waals surface area contributed by atoms with E-state index in [0.29, 0.717) is 30.0 Å². The molecule has 2 aromatic carbocycles. The molecule has 3 nitrogen and oxygen atoms in total. The van der Waals surface area contributed by atoms with E-state index < -0.39 is 17.8 Å². The third-order valence-electron chi connectivity index (χ3n) is 7.49. The molecule has 4 rings (SSSR count). The summed E-state index contributed by atoms with van der Waals surface area (Å²) in [5, 5.41) is 12.0. The highest BCUT2D eigenvalue weighted by molar-refractivity contribution is 6.30. The number of piperidine rings is 1. The van der Waals surface area contributed by atoms with E-state index in [1.54, 1.807) is 0 Å². The average Bonchev–Trinajstić information content (AvgIpc) is 2.74. The monoisotopic (exact) mass is 481 g/mol. The molecule has 2 fully saturated rings. The predicted octanol–water partition coefficient (Wildman–Crippen LogP) is 6.32. The van der Waals surface area contributed by atoms with E-state index in [2.05, 4.69) is 11.8 Å². The van der Waals surface area contributed by atoms with Gasteiger partial charge >= 0.3 is 6.18 Å². The molecule has 1 heterocycles.